The standard InChI is InChI=1S/C30H29BrN6O3/c31-22-6-3-7-24-27(22)28(38)34-30-36(21-4-1-2-5-21)25-14-19(8-9-23(25)37(24)30)18-10-12-35(13-11-18)17-26-32-15-20(16-33-26)29(39)40/h3,6-9,14-16,18,21H,1-2,4-5,10-13,17H2,(H,39,40). The Morgan fingerprint density at radius 2 is 1.73 bits per heavy atom. The Hall–Kier alpha value is -3.63. The Morgan fingerprint density at radius 3 is 2.45 bits per heavy atom. The molecule has 3 aromatic heterocycles. The number of halogens is 1. The highest BCUT2D eigenvalue weighted by Crippen LogP contribution is 2.38. The van der Waals surface area contributed by atoms with Gasteiger partial charge < -0.3 is 9.67 Å². The van der Waals surface area contributed by atoms with Crippen molar-refractivity contribution >= 4 is 49.6 Å². The van der Waals surface area contributed by atoms with Crippen molar-refractivity contribution in [1.29, 1.82) is 0 Å². The van der Waals surface area contributed by atoms with Gasteiger partial charge in [-0.25, -0.2) is 14.8 Å². The van der Waals surface area contributed by atoms with Crippen LogP contribution in [0.5, 0.6) is 0 Å². The lowest BCUT2D eigenvalue weighted by atomic mass is 9.89. The summed E-state index contributed by atoms with van der Waals surface area (Å²) in [6.07, 6.45) is 9.39. The lowest BCUT2D eigenvalue weighted by Gasteiger charge is -2.31. The van der Waals surface area contributed by atoms with Crippen molar-refractivity contribution in [2.24, 2.45) is 0 Å². The minimum Gasteiger partial charge on any atom is -0.478 e. The highest BCUT2D eigenvalue weighted by atomic mass is 79.9. The molecule has 204 valence electrons. The highest BCUT2D eigenvalue weighted by molar-refractivity contribution is 9.10. The molecule has 10 heteroatoms. The van der Waals surface area contributed by atoms with E-state index in [0.717, 1.165) is 65.6 Å². The van der Waals surface area contributed by atoms with Crippen LogP contribution in [0.2, 0.25) is 0 Å². The van der Waals surface area contributed by atoms with E-state index in [2.05, 4.69) is 62.9 Å². The molecule has 40 heavy (non-hydrogen) atoms. The fourth-order valence-electron chi connectivity index (χ4n) is 6.59. The maximum absolute atomic E-state index is 13.2. The summed E-state index contributed by atoms with van der Waals surface area (Å²) >= 11 is 3.57. The van der Waals surface area contributed by atoms with Gasteiger partial charge in [-0.15, -0.1) is 0 Å². The van der Waals surface area contributed by atoms with Crippen molar-refractivity contribution in [3.8, 4) is 0 Å². The third-order valence-electron chi connectivity index (χ3n) is 8.63. The van der Waals surface area contributed by atoms with Crippen LogP contribution in [0.15, 0.2) is 58.1 Å². The number of fused-ring (bicyclic) bond motifs is 5. The van der Waals surface area contributed by atoms with Gasteiger partial charge in [0, 0.05) is 22.9 Å². The van der Waals surface area contributed by atoms with Gasteiger partial charge in [-0.2, -0.15) is 4.98 Å². The summed E-state index contributed by atoms with van der Waals surface area (Å²) in [6.45, 7) is 2.46. The van der Waals surface area contributed by atoms with Crippen LogP contribution in [-0.4, -0.2) is 53.0 Å². The molecule has 5 aromatic rings. The van der Waals surface area contributed by atoms with E-state index in [0.29, 0.717) is 29.7 Å². The highest BCUT2D eigenvalue weighted by Gasteiger charge is 2.27. The quantitative estimate of drug-likeness (QED) is 0.282. The molecule has 0 bridgehead atoms. The summed E-state index contributed by atoms with van der Waals surface area (Å²) in [7, 11) is 0. The molecule has 1 N–H and O–H groups in total. The minimum atomic E-state index is -1.01. The summed E-state index contributed by atoms with van der Waals surface area (Å²) in [5.74, 6) is 0.801. The number of rotatable bonds is 5. The van der Waals surface area contributed by atoms with E-state index >= 15 is 0 Å². The Morgan fingerprint density at radius 1 is 0.975 bits per heavy atom. The zero-order valence-corrected chi connectivity index (χ0v) is 23.5. The van der Waals surface area contributed by atoms with E-state index in [9.17, 15) is 9.59 Å². The van der Waals surface area contributed by atoms with Gasteiger partial charge in [0.05, 0.1) is 34.0 Å². The van der Waals surface area contributed by atoms with Crippen LogP contribution >= 0.6 is 15.9 Å². The van der Waals surface area contributed by atoms with Gasteiger partial charge in [-0.1, -0.05) is 25.0 Å². The van der Waals surface area contributed by atoms with Crippen LogP contribution in [0.25, 0.3) is 27.7 Å². The molecule has 1 saturated heterocycles. The molecule has 9 nitrogen and oxygen atoms in total. The number of aromatic carboxylic acids is 1. The van der Waals surface area contributed by atoms with Crippen LogP contribution in [0, 0.1) is 0 Å². The van der Waals surface area contributed by atoms with Gasteiger partial charge >= 0.3 is 5.97 Å². The summed E-state index contributed by atoms with van der Waals surface area (Å²) in [5.41, 5.74) is 4.35. The Kier molecular flexibility index (Phi) is 6.39. The maximum atomic E-state index is 13.2. The number of imidazole rings is 1. The normalized spacial score (nSPS) is 17.4. The second-order valence-corrected chi connectivity index (χ2v) is 11.8. The van der Waals surface area contributed by atoms with Crippen molar-refractivity contribution in [1.82, 2.24) is 28.8 Å². The van der Waals surface area contributed by atoms with Gasteiger partial charge in [0.2, 0.25) is 5.78 Å². The number of likely N-dealkylation sites (tertiary alicyclic amines) is 1. The van der Waals surface area contributed by atoms with Crippen LogP contribution in [0.4, 0.5) is 0 Å². The largest absolute Gasteiger partial charge is 0.478 e. The molecule has 2 fully saturated rings. The van der Waals surface area contributed by atoms with E-state index in [1.807, 2.05) is 18.2 Å². The van der Waals surface area contributed by atoms with E-state index in [1.165, 1.54) is 30.8 Å². The molecule has 1 saturated carbocycles. The van der Waals surface area contributed by atoms with Crippen LogP contribution in [0.3, 0.4) is 0 Å². The number of carboxylic acids is 1. The van der Waals surface area contributed by atoms with E-state index in [4.69, 9.17) is 5.11 Å². The second kappa shape index (κ2) is 10.1. The van der Waals surface area contributed by atoms with Gasteiger partial charge in [-0.05, 0) is 90.4 Å². The van der Waals surface area contributed by atoms with Crippen molar-refractivity contribution in [2.75, 3.05) is 13.1 Å². The number of carboxylic acid groups (broad SMARTS) is 1. The molecule has 0 unspecified atom stereocenters. The molecule has 1 aliphatic carbocycles. The second-order valence-electron chi connectivity index (χ2n) is 11.0. The smallest absolute Gasteiger partial charge is 0.338 e. The number of carbonyl (C=O) groups is 1. The number of hydrogen-bond donors (Lipinski definition) is 1. The number of nitrogens with zero attached hydrogens (tertiary/aromatic N) is 6. The number of hydrogen-bond acceptors (Lipinski definition) is 6. The van der Waals surface area contributed by atoms with Crippen LogP contribution < -0.4 is 5.56 Å². The lowest BCUT2D eigenvalue weighted by molar-refractivity contribution is 0.0695. The monoisotopic (exact) mass is 600 g/mol. The number of aromatic nitrogens is 5. The molecular weight excluding hydrogens is 572 g/mol. The SMILES string of the molecule is O=C(O)c1cnc(CN2CCC(c3ccc4c(c3)n(C3CCCC3)c3nc(=O)c5c(Br)cccc5n43)CC2)nc1. The van der Waals surface area contributed by atoms with Gasteiger partial charge in [0.1, 0.15) is 5.82 Å². The molecule has 2 aromatic carbocycles. The van der Waals surface area contributed by atoms with Crippen molar-refractivity contribution in [2.45, 2.75) is 57.0 Å². The molecule has 0 amide bonds. The summed E-state index contributed by atoms with van der Waals surface area (Å²) in [6, 6.07) is 13.0. The maximum Gasteiger partial charge on any atom is 0.338 e. The average molecular weight is 602 g/mol. The average Bonchev–Trinajstić information content (AvgIpc) is 3.59. The van der Waals surface area contributed by atoms with E-state index in [1.54, 1.807) is 0 Å². The molecule has 7 rings (SSSR count). The van der Waals surface area contributed by atoms with Crippen LogP contribution in [-0.2, 0) is 6.54 Å². The predicted molar refractivity (Wildman–Crippen MR) is 156 cm³/mol. The first-order valence-electron chi connectivity index (χ1n) is 13.9. The number of piperidine rings is 1. The fourth-order valence-corrected chi connectivity index (χ4v) is 7.12. The minimum absolute atomic E-state index is 0.105. The number of benzene rings is 2. The molecule has 0 radical (unpaired) electrons. The fraction of sp³-hybridized carbons (Fsp3) is 0.367. The first kappa shape index (κ1) is 25.3. The van der Waals surface area contributed by atoms with Crippen molar-refractivity contribution in [3.63, 3.8) is 0 Å². The third-order valence-corrected chi connectivity index (χ3v) is 9.29. The van der Waals surface area contributed by atoms with E-state index in [-0.39, 0.29) is 11.1 Å². The first-order chi connectivity index (χ1) is 19.5. The van der Waals surface area contributed by atoms with Crippen molar-refractivity contribution < 1.29 is 9.90 Å². The first-order valence-corrected chi connectivity index (χ1v) is 14.7. The third kappa shape index (κ3) is 4.30. The van der Waals surface area contributed by atoms with Gasteiger partial charge in [0.25, 0.3) is 5.56 Å². The Bertz CT molecular complexity index is 1820. The summed E-state index contributed by atoms with van der Waals surface area (Å²) < 4.78 is 5.27. The summed E-state index contributed by atoms with van der Waals surface area (Å²) in [4.78, 5) is 39.7. The van der Waals surface area contributed by atoms with Crippen LogP contribution in [0.1, 0.15) is 72.2 Å². The van der Waals surface area contributed by atoms with Gasteiger partial charge in [-0.3, -0.25) is 14.1 Å². The molecule has 0 spiro atoms. The molecule has 1 aliphatic heterocycles. The molecule has 0 atom stereocenters. The zero-order chi connectivity index (χ0) is 27.4. The predicted octanol–water partition coefficient (Wildman–Crippen LogP) is 5.55. The molecule has 2 aliphatic rings. The summed E-state index contributed by atoms with van der Waals surface area (Å²) in [5, 5.41) is 9.69. The van der Waals surface area contributed by atoms with E-state index < -0.39 is 5.97 Å². The molecule has 4 heterocycles. The topological polar surface area (TPSA) is 106 Å². The Labute approximate surface area is 238 Å². The Balaban J connectivity index is 1.22. The lowest BCUT2D eigenvalue weighted by Crippen LogP contribution is -2.33. The van der Waals surface area contributed by atoms with Gasteiger partial charge in [0.15, 0.2) is 0 Å². The zero-order valence-electron chi connectivity index (χ0n) is 22.0. The molecular formula is C30H29BrN6O3. The van der Waals surface area contributed by atoms with Crippen molar-refractivity contribution in [3.05, 3.63) is 80.6 Å².